The van der Waals surface area contributed by atoms with E-state index in [2.05, 4.69) is 5.92 Å². The number of likely N-dealkylation sites (tertiary alicyclic amines) is 1. The molecule has 0 aromatic rings. The second-order valence-corrected chi connectivity index (χ2v) is 6.08. The fraction of sp³-hybridized carbons (Fsp3) is 0.625. The topological polar surface area (TPSA) is 54.5 Å². The van der Waals surface area contributed by atoms with Crippen LogP contribution in [-0.4, -0.2) is 38.1 Å². The minimum atomic E-state index is -3.53. The van der Waals surface area contributed by atoms with Crippen molar-refractivity contribution < 1.29 is 13.2 Å². The molecule has 1 aliphatic rings. The maximum absolute atomic E-state index is 11.3. The van der Waals surface area contributed by atoms with Gasteiger partial charge in [0.2, 0.25) is 15.0 Å². The fourth-order valence-corrected chi connectivity index (χ4v) is 2.83. The van der Waals surface area contributed by atoms with Crippen LogP contribution in [0.5, 0.6) is 0 Å². The van der Waals surface area contributed by atoms with E-state index >= 15 is 0 Å². The van der Waals surface area contributed by atoms with Crippen LogP contribution in [0, 0.1) is 18.3 Å². The first-order valence-electron chi connectivity index (χ1n) is 4.06. The van der Waals surface area contributed by atoms with E-state index in [-0.39, 0.29) is 30.5 Å². The van der Waals surface area contributed by atoms with Gasteiger partial charge in [-0.3, -0.25) is 4.79 Å². The molecular formula is C8H10ClNO3S. The molecule has 0 N–H and O–H groups in total. The van der Waals surface area contributed by atoms with Crippen molar-refractivity contribution in [1.82, 2.24) is 4.90 Å². The molecule has 0 bridgehead atoms. The molecule has 1 heterocycles. The molecular weight excluding hydrogens is 226 g/mol. The minimum absolute atomic E-state index is 0.103. The predicted molar refractivity (Wildman–Crippen MR) is 53.2 cm³/mol. The predicted octanol–water partition coefficient (Wildman–Crippen LogP) is 0.0367. The molecule has 1 fully saturated rings. The van der Waals surface area contributed by atoms with Crippen LogP contribution in [0.1, 0.15) is 6.42 Å². The molecule has 78 valence electrons. The van der Waals surface area contributed by atoms with E-state index in [1.807, 2.05) is 0 Å². The summed E-state index contributed by atoms with van der Waals surface area (Å²) in [6.45, 7) is 0.618. The van der Waals surface area contributed by atoms with Crippen LogP contribution in [0.25, 0.3) is 0 Å². The summed E-state index contributed by atoms with van der Waals surface area (Å²) in [5.74, 6) is 1.85. The fourth-order valence-electron chi connectivity index (χ4n) is 1.51. The molecule has 1 aliphatic heterocycles. The van der Waals surface area contributed by atoms with E-state index in [1.165, 1.54) is 4.90 Å². The summed E-state index contributed by atoms with van der Waals surface area (Å²) in [5, 5.41) is 0. The van der Waals surface area contributed by atoms with E-state index in [0.29, 0.717) is 6.54 Å². The van der Waals surface area contributed by atoms with Gasteiger partial charge in [-0.15, -0.1) is 6.42 Å². The van der Waals surface area contributed by atoms with Crippen molar-refractivity contribution in [3.63, 3.8) is 0 Å². The average molecular weight is 236 g/mol. The maximum atomic E-state index is 11.3. The molecule has 1 amide bonds. The molecule has 1 unspecified atom stereocenters. The number of carbonyl (C=O) groups excluding carboxylic acids is 1. The highest BCUT2D eigenvalue weighted by molar-refractivity contribution is 8.13. The van der Waals surface area contributed by atoms with Crippen molar-refractivity contribution >= 4 is 25.6 Å². The average Bonchev–Trinajstić information content (AvgIpc) is 2.28. The van der Waals surface area contributed by atoms with Gasteiger partial charge in [-0.25, -0.2) is 8.42 Å². The summed E-state index contributed by atoms with van der Waals surface area (Å²) in [7, 11) is 1.56. The number of halogens is 1. The van der Waals surface area contributed by atoms with Gasteiger partial charge in [0.25, 0.3) is 0 Å². The van der Waals surface area contributed by atoms with Crippen LogP contribution >= 0.6 is 10.7 Å². The van der Waals surface area contributed by atoms with Gasteiger partial charge in [0.05, 0.1) is 12.3 Å². The first-order chi connectivity index (χ1) is 6.42. The number of terminal acetylenes is 1. The minimum Gasteiger partial charge on any atom is -0.331 e. The van der Waals surface area contributed by atoms with Crippen molar-refractivity contribution in [3.8, 4) is 12.3 Å². The largest absolute Gasteiger partial charge is 0.331 e. The molecule has 0 spiro atoms. The van der Waals surface area contributed by atoms with Crippen LogP contribution in [0.3, 0.4) is 0 Å². The monoisotopic (exact) mass is 235 g/mol. The van der Waals surface area contributed by atoms with Crippen LogP contribution in [-0.2, 0) is 13.8 Å². The van der Waals surface area contributed by atoms with Gasteiger partial charge in [0.15, 0.2) is 0 Å². The summed E-state index contributed by atoms with van der Waals surface area (Å²) >= 11 is 0. The normalized spacial score (nSPS) is 22.4. The van der Waals surface area contributed by atoms with Crippen LogP contribution in [0.4, 0.5) is 0 Å². The summed E-state index contributed by atoms with van der Waals surface area (Å²) in [4.78, 5) is 12.7. The summed E-state index contributed by atoms with van der Waals surface area (Å²) in [5.41, 5.74) is 0. The molecule has 0 saturated carbocycles. The number of hydrogen-bond acceptors (Lipinski definition) is 3. The Bertz CT molecular complexity index is 371. The van der Waals surface area contributed by atoms with Gasteiger partial charge < -0.3 is 4.90 Å². The van der Waals surface area contributed by atoms with Crippen molar-refractivity contribution in [2.75, 3.05) is 18.8 Å². The molecule has 4 nitrogen and oxygen atoms in total. The van der Waals surface area contributed by atoms with Crippen molar-refractivity contribution in [2.24, 2.45) is 5.92 Å². The number of rotatable bonds is 3. The zero-order chi connectivity index (χ0) is 10.8. The lowest BCUT2D eigenvalue weighted by Gasteiger charge is -2.11. The highest BCUT2D eigenvalue weighted by Crippen LogP contribution is 2.20. The van der Waals surface area contributed by atoms with Crippen LogP contribution in [0.15, 0.2) is 0 Å². The molecule has 1 rings (SSSR count). The summed E-state index contributed by atoms with van der Waals surface area (Å²) in [6.07, 6.45) is 5.27. The van der Waals surface area contributed by atoms with Gasteiger partial charge in [-0.2, -0.15) is 0 Å². The standard InChI is InChI=1S/C8H10ClNO3S/c1-2-3-10-5-7(4-8(10)11)6-14(9,12)13/h1,7H,3-6H2. The summed E-state index contributed by atoms with van der Waals surface area (Å²) in [6, 6.07) is 0. The molecule has 1 atom stereocenters. The lowest BCUT2D eigenvalue weighted by Crippen LogP contribution is -2.26. The first kappa shape index (κ1) is 11.3. The Labute approximate surface area is 87.6 Å². The molecule has 0 aliphatic carbocycles. The summed E-state index contributed by atoms with van der Waals surface area (Å²) < 4.78 is 21.5. The maximum Gasteiger partial charge on any atom is 0.232 e. The van der Waals surface area contributed by atoms with Gasteiger partial charge >= 0.3 is 0 Å². The van der Waals surface area contributed by atoms with E-state index in [0.717, 1.165) is 0 Å². The van der Waals surface area contributed by atoms with Gasteiger partial charge in [0, 0.05) is 29.6 Å². The SMILES string of the molecule is C#CCN1CC(CS(=O)(=O)Cl)CC1=O. The van der Waals surface area contributed by atoms with E-state index in [9.17, 15) is 13.2 Å². The number of amides is 1. The van der Waals surface area contributed by atoms with Crippen molar-refractivity contribution in [3.05, 3.63) is 0 Å². The molecule has 0 radical (unpaired) electrons. The Balaban J connectivity index is 2.56. The zero-order valence-corrected chi connectivity index (χ0v) is 9.01. The molecule has 6 heteroatoms. The lowest BCUT2D eigenvalue weighted by molar-refractivity contribution is -0.127. The van der Waals surface area contributed by atoms with Gasteiger partial charge in [-0.1, -0.05) is 5.92 Å². The number of nitrogens with zero attached hydrogens (tertiary/aromatic N) is 1. The Morgan fingerprint density at radius 1 is 1.64 bits per heavy atom. The van der Waals surface area contributed by atoms with E-state index < -0.39 is 9.05 Å². The second-order valence-electron chi connectivity index (χ2n) is 3.25. The Kier molecular flexibility index (Phi) is 3.40. The number of hydrogen-bond donors (Lipinski definition) is 0. The number of carbonyl (C=O) groups is 1. The highest BCUT2D eigenvalue weighted by Gasteiger charge is 2.31. The third-order valence-electron chi connectivity index (χ3n) is 2.01. The van der Waals surface area contributed by atoms with Crippen LogP contribution in [0.2, 0.25) is 0 Å². The molecule has 14 heavy (non-hydrogen) atoms. The molecule has 0 aromatic carbocycles. The zero-order valence-electron chi connectivity index (χ0n) is 7.44. The van der Waals surface area contributed by atoms with Crippen molar-refractivity contribution in [2.45, 2.75) is 6.42 Å². The van der Waals surface area contributed by atoms with Crippen molar-refractivity contribution in [1.29, 1.82) is 0 Å². The Morgan fingerprint density at radius 2 is 2.29 bits per heavy atom. The Hall–Kier alpha value is -0.730. The van der Waals surface area contributed by atoms with E-state index in [1.54, 1.807) is 0 Å². The molecule has 0 aromatic heterocycles. The Morgan fingerprint density at radius 3 is 2.79 bits per heavy atom. The highest BCUT2D eigenvalue weighted by atomic mass is 35.7. The lowest BCUT2D eigenvalue weighted by atomic mass is 10.1. The third-order valence-corrected chi connectivity index (χ3v) is 3.26. The smallest absolute Gasteiger partial charge is 0.232 e. The van der Waals surface area contributed by atoms with Gasteiger partial charge in [-0.05, 0) is 0 Å². The van der Waals surface area contributed by atoms with Gasteiger partial charge in [0.1, 0.15) is 0 Å². The van der Waals surface area contributed by atoms with E-state index in [4.69, 9.17) is 17.1 Å². The first-order valence-corrected chi connectivity index (χ1v) is 6.54. The quantitative estimate of drug-likeness (QED) is 0.513. The molecule has 1 saturated heterocycles. The van der Waals surface area contributed by atoms with Crippen LogP contribution < -0.4 is 0 Å². The second kappa shape index (κ2) is 4.20. The third kappa shape index (κ3) is 3.20.